The van der Waals surface area contributed by atoms with Crippen molar-refractivity contribution < 1.29 is 4.92 Å². The number of nitrogens with zero attached hydrogens (tertiary/aromatic N) is 3. The number of hydrogen-bond acceptors (Lipinski definition) is 5. The molecule has 1 aromatic heterocycles. The van der Waals surface area contributed by atoms with Crippen molar-refractivity contribution in [3.63, 3.8) is 0 Å². The lowest BCUT2D eigenvalue weighted by Gasteiger charge is -2.17. The van der Waals surface area contributed by atoms with Crippen molar-refractivity contribution in [3.05, 3.63) is 75.8 Å². The van der Waals surface area contributed by atoms with Crippen LogP contribution < -0.4 is 5.73 Å². The summed E-state index contributed by atoms with van der Waals surface area (Å²) in [4.78, 5) is 15.5. The lowest BCUT2D eigenvalue weighted by atomic mass is 9.90. The van der Waals surface area contributed by atoms with Gasteiger partial charge in [-0.3, -0.25) is 10.1 Å². The van der Waals surface area contributed by atoms with Crippen LogP contribution in [0.1, 0.15) is 18.1 Å². The van der Waals surface area contributed by atoms with Gasteiger partial charge in [-0.15, -0.1) is 0 Å². The molecule has 6 heteroatoms. The predicted molar refractivity (Wildman–Crippen MR) is 100 cm³/mol. The first-order chi connectivity index (χ1) is 12.6. The van der Waals surface area contributed by atoms with Crippen molar-refractivity contribution in [1.82, 2.24) is 4.98 Å². The van der Waals surface area contributed by atoms with Crippen LogP contribution >= 0.6 is 0 Å². The van der Waals surface area contributed by atoms with Gasteiger partial charge in [-0.05, 0) is 18.1 Å². The summed E-state index contributed by atoms with van der Waals surface area (Å²) in [7, 11) is 0. The standard InChI is InChI=1S/C20H16N4O2/c1-2-14-18(15-10-6-7-11-17(15)24(25)26)16(12-21)20(22)23-19(14)13-8-4-3-5-9-13/h3-11H,2H2,1H3,(H2,22,23). The van der Waals surface area contributed by atoms with Crippen LogP contribution in [0, 0.1) is 21.4 Å². The minimum Gasteiger partial charge on any atom is -0.383 e. The number of nitriles is 1. The summed E-state index contributed by atoms with van der Waals surface area (Å²) in [5, 5.41) is 21.1. The molecular weight excluding hydrogens is 328 g/mol. The summed E-state index contributed by atoms with van der Waals surface area (Å²) < 4.78 is 0. The van der Waals surface area contributed by atoms with Gasteiger partial charge < -0.3 is 5.73 Å². The second-order valence-electron chi connectivity index (χ2n) is 5.68. The summed E-state index contributed by atoms with van der Waals surface area (Å²) >= 11 is 0. The van der Waals surface area contributed by atoms with Crippen molar-refractivity contribution in [2.24, 2.45) is 0 Å². The van der Waals surface area contributed by atoms with E-state index in [0.29, 0.717) is 23.2 Å². The van der Waals surface area contributed by atoms with Gasteiger partial charge in [0.1, 0.15) is 17.5 Å². The van der Waals surface area contributed by atoms with Gasteiger partial charge in [0.2, 0.25) is 0 Å². The molecule has 2 aromatic carbocycles. The Morgan fingerprint density at radius 3 is 2.42 bits per heavy atom. The molecule has 26 heavy (non-hydrogen) atoms. The van der Waals surface area contributed by atoms with Gasteiger partial charge in [0.15, 0.2) is 0 Å². The van der Waals surface area contributed by atoms with E-state index in [1.807, 2.05) is 37.3 Å². The molecule has 1 heterocycles. The Hall–Kier alpha value is -3.72. The monoisotopic (exact) mass is 344 g/mol. The molecule has 0 fully saturated rings. The molecule has 128 valence electrons. The average Bonchev–Trinajstić information content (AvgIpc) is 2.67. The minimum atomic E-state index is -0.450. The maximum atomic E-state index is 11.5. The number of nitrogen functional groups attached to an aromatic ring is 1. The molecular formula is C20H16N4O2. The van der Waals surface area contributed by atoms with Crippen LogP contribution in [0.3, 0.4) is 0 Å². The third-order valence-electron chi connectivity index (χ3n) is 4.21. The molecule has 0 bridgehead atoms. The number of nitrogens with two attached hydrogens (primary N) is 1. The smallest absolute Gasteiger partial charge is 0.277 e. The lowest BCUT2D eigenvalue weighted by Crippen LogP contribution is -2.06. The Labute approximate surface area is 150 Å². The van der Waals surface area contributed by atoms with E-state index in [1.54, 1.807) is 18.2 Å². The summed E-state index contributed by atoms with van der Waals surface area (Å²) in [5.74, 6) is 0.0664. The zero-order valence-electron chi connectivity index (χ0n) is 14.1. The van der Waals surface area contributed by atoms with Gasteiger partial charge in [0.05, 0.1) is 16.2 Å². The van der Waals surface area contributed by atoms with E-state index in [-0.39, 0.29) is 17.1 Å². The first-order valence-corrected chi connectivity index (χ1v) is 8.10. The highest BCUT2D eigenvalue weighted by Gasteiger charge is 2.24. The molecule has 0 aliphatic rings. The van der Waals surface area contributed by atoms with Gasteiger partial charge in [-0.2, -0.15) is 5.26 Å². The maximum Gasteiger partial charge on any atom is 0.277 e. The fourth-order valence-corrected chi connectivity index (χ4v) is 3.07. The van der Waals surface area contributed by atoms with Crippen molar-refractivity contribution in [1.29, 1.82) is 5.26 Å². The van der Waals surface area contributed by atoms with E-state index >= 15 is 0 Å². The van der Waals surface area contributed by atoms with E-state index in [1.165, 1.54) is 6.07 Å². The lowest BCUT2D eigenvalue weighted by molar-refractivity contribution is -0.384. The Morgan fingerprint density at radius 2 is 1.81 bits per heavy atom. The molecule has 0 amide bonds. The molecule has 0 aliphatic carbocycles. The molecule has 0 aliphatic heterocycles. The SMILES string of the molecule is CCc1c(-c2ccccc2)nc(N)c(C#N)c1-c1ccccc1[N+](=O)[O-]. The number of benzene rings is 2. The Balaban J connectivity index is 2.44. The number of nitro benzene ring substituents is 1. The van der Waals surface area contributed by atoms with Gasteiger partial charge >= 0.3 is 0 Å². The number of rotatable bonds is 4. The second-order valence-corrected chi connectivity index (χ2v) is 5.68. The largest absolute Gasteiger partial charge is 0.383 e. The Morgan fingerprint density at radius 1 is 1.15 bits per heavy atom. The molecule has 0 saturated carbocycles. The highest BCUT2D eigenvalue weighted by Crippen LogP contribution is 2.40. The van der Waals surface area contributed by atoms with E-state index in [9.17, 15) is 15.4 Å². The number of pyridine rings is 1. The number of nitro groups is 1. The molecule has 3 rings (SSSR count). The van der Waals surface area contributed by atoms with Crippen molar-refractivity contribution >= 4 is 11.5 Å². The van der Waals surface area contributed by atoms with Crippen LogP contribution in [0.15, 0.2) is 54.6 Å². The number of hydrogen-bond donors (Lipinski definition) is 1. The molecule has 0 spiro atoms. The Kier molecular flexibility index (Phi) is 4.63. The zero-order valence-corrected chi connectivity index (χ0v) is 14.1. The van der Waals surface area contributed by atoms with Gasteiger partial charge in [0, 0.05) is 17.2 Å². The summed E-state index contributed by atoms with van der Waals surface area (Å²) in [6.07, 6.45) is 0.549. The van der Waals surface area contributed by atoms with Crippen LogP contribution in [0.4, 0.5) is 11.5 Å². The van der Waals surface area contributed by atoms with Crippen LogP contribution in [0.25, 0.3) is 22.4 Å². The number of para-hydroxylation sites is 1. The summed E-state index contributed by atoms with van der Waals surface area (Å²) in [6, 6.07) is 17.9. The van der Waals surface area contributed by atoms with Crippen LogP contribution in [0.5, 0.6) is 0 Å². The minimum absolute atomic E-state index is 0.0664. The van der Waals surface area contributed by atoms with Crippen molar-refractivity contribution in [2.45, 2.75) is 13.3 Å². The molecule has 0 atom stereocenters. The zero-order chi connectivity index (χ0) is 18.7. The van der Waals surface area contributed by atoms with Crippen LogP contribution in [-0.2, 0) is 6.42 Å². The quantitative estimate of drug-likeness (QED) is 0.560. The molecule has 0 radical (unpaired) electrons. The fourth-order valence-electron chi connectivity index (χ4n) is 3.07. The van der Waals surface area contributed by atoms with Crippen molar-refractivity contribution in [3.8, 4) is 28.5 Å². The Bertz CT molecular complexity index is 1020. The second kappa shape index (κ2) is 7.03. The third kappa shape index (κ3) is 2.87. The topological polar surface area (TPSA) is 106 Å². The van der Waals surface area contributed by atoms with Gasteiger partial charge in [0.25, 0.3) is 5.69 Å². The summed E-state index contributed by atoms with van der Waals surface area (Å²) in [5.41, 5.74) is 9.25. The van der Waals surface area contributed by atoms with Gasteiger partial charge in [-0.1, -0.05) is 49.4 Å². The first-order valence-electron chi connectivity index (χ1n) is 8.10. The average molecular weight is 344 g/mol. The maximum absolute atomic E-state index is 11.5. The summed E-state index contributed by atoms with van der Waals surface area (Å²) in [6.45, 7) is 1.93. The highest BCUT2D eigenvalue weighted by molar-refractivity contribution is 5.88. The predicted octanol–water partition coefficient (Wildman–Crippen LogP) is 4.34. The molecule has 0 unspecified atom stereocenters. The van der Waals surface area contributed by atoms with Crippen molar-refractivity contribution in [2.75, 3.05) is 5.73 Å². The van der Waals surface area contributed by atoms with E-state index < -0.39 is 4.92 Å². The van der Waals surface area contributed by atoms with Gasteiger partial charge in [-0.25, -0.2) is 4.98 Å². The molecule has 2 N–H and O–H groups in total. The highest BCUT2D eigenvalue weighted by atomic mass is 16.6. The first kappa shape index (κ1) is 17.1. The molecule has 3 aromatic rings. The van der Waals surface area contributed by atoms with E-state index in [0.717, 1.165) is 11.1 Å². The van der Waals surface area contributed by atoms with Crippen LogP contribution in [-0.4, -0.2) is 9.91 Å². The molecule has 0 saturated heterocycles. The van der Waals surface area contributed by atoms with E-state index in [2.05, 4.69) is 11.1 Å². The normalized spacial score (nSPS) is 10.3. The third-order valence-corrected chi connectivity index (χ3v) is 4.21. The molecule has 6 nitrogen and oxygen atoms in total. The number of anilines is 1. The van der Waals surface area contributed by atoms with Crippen LogP contribution in [0.2, 0.25) is 0 Å². The fraction of sp³-hybridized carbons (Fsp3) is 0.100. The number of aromatic nitrogens is 1. The van der Waals surface area contributed by atoms with E-state index in [4.69, 9.17) is 5.73 Å².